The largest absolute Gasteiger partial charge is 0.496 e. The van der Waals surface area contributed by atoms with Crippen LogP contribution in [-0.4, -0.2) is 47.1 Å². The number of benzene rings is 1. The van der Waals surface area contributed by atoms with Gasteiger partial charge in [0, 0.05) is 25.1 Å². The Balaban J connectivity index is 1.43. The van der Waals surface area contributed by atoms with Gasteiger partial charge in [-0.25, -0.2) is 4.98 Å². The number of nitrogens with one attached hydrogen (secondary N) is 1. The molecule has 2 aliphatic rings. The van der Waals surface area contributed by atoms with Crippen LogP contribution in [0.25, 0.3) is 10.2 Å². The third-order valence-corrected chi connectivity index (χ3v) is 8.59. The zero-order valence-electron chi connectivity index (χ0n) is 20.6. The van der Waals surface area contributed by atoms with Crippen molar-refractivity contribution in [3.63, 3.8) is 0 Å². The number of aryl methyl sites for hydroxylation is 2. The van der Waals surface area contributed by atoms with Crippen LogP contribution in [0.1, 0.15) is 71.2 Å². The molecular weight excluding hydrogens is 460 g/mol. The molecule has 0 radical (unpaired) electrons. The maximum atomic E-state index is 13.4. The van der Waals surface area contributed by atoms with E-state index in [2.05, 4.69) is 16.3 Å². The zero-order valence-corrected chi connectivity index (χ0v) is 21.5. The average Bonchev–Trinajstić information content (AvgIpc) is 3.05. The van der Waals surface area contributed by atoms with Gasteiger partial charge < -0.3 is 10.1 Å². The van der Waals surface area contributed by atoms with E-state index in [0.29, 0.717) is 28.2 Å². The lowest BCUT2D eigenvalue weighted by molar-refractivity contribution is 0.0926. The molecule has 1 aromatic carbocycles. The van der Waals surface area contributed by atoms with Gasteiger partial charge in [0.2, 0.25) is 0 Å². The maximum Gasteiger partial charge on any atom is 0.262 e. The van der Waals surface area contributed by atoms with Crippen molar-refractivity contribution in [1.82, 2.24) is 19.8 Å². The summed E-state index contributed by atoms with van der Waals surface area (Å²) in [5, 5.41) is 3.78. The minimum atomic E-state index is -0.137. The van der Waals surface area contributed by atoms with E-state index in [4.69, 9.17) is 9.72 Å². The number of hydrogen-bond acceptors (Lipinski definition) is 6. The van der Waals surface area contributed by atoms with Crippen LogP contribution in [0.2, 0.25) is 0 Å². The summed E-state index contributed by atoms with van der Waals surface area (Å²) in [6.45, 7) is 5.09. The van der Waals surface area contributed by atoms with Crippen molar-refractivity contribution in [3.05, 3.63) is 56.4 Å². The highest BCUT2D eigenvalue weighted by Gasteiger charge is 2.27. The number of rotatable bonds is 6. The summed E-state index contributed by atoms with van der Waals surface area (Å²) in [6, 6.07) is 8.10. The fraction of sp³-hybridized carbons (Fsp3) is 0.519. The predicted octanol–water partition coefficient (Wildman–Crippen LogP) is 4.46. The molecule has 2 aromatic heterocycles. The number of carbonyl (C=O) groups is 1. The Kier molecular flexibility index (Phi) is 7.20. The maximum absolute atomic E-state index is 13.4. The van der Waals surface area contributed by atoms with Crippen LogP contribution in [0.3, 0.4) is 0 Å². The fourth-order valence-corrected chi connectivity index (χ4v) is 6.61. The molecule has 1 saturated heterocycles. The minimum Gasteiger partial charge on any atom is -0.496 e. The van der Waals surface area contributed by atoms with Crippen molar-refractivity contribution >= 4 is 27.5 Å². The number of thiophene rings is 1. The Morgan fingerprint density at radius 1 is 1.11 bits per heavy atom. The van der Waals surface area contributed by atoms with E-state index in [1.165, 1.54) is 17.8 Å². The Hall–Kier alpha value is -2.71. The van der Waals surface area contributed by atoms with Gasteiger partial charge in [-0.2, -0.15) is 0 Å². The summed E-state index contributed by atoms with van der Waals surface area (Å²) < 4.78 is 7.48. The first-order valence-electron chi connectivity index (χ1n) is 12.8. The van der Waals surface area contributed by atoms with Crippen LogP contribution in [0.4, 0.5) is 0 Å². The van der Waals surface area contributed by atoms with Crippen molar-refractivity contribution < 1.29 is 9.53 Å². The standard InChI is InChI=1S/C27H34N4O3S/c1-18-23-26(29-22-13-5-3-10-16-31(22)27(23)33)35-24(18)25(32)28-17-20(30-14-8-4-9-15-30)19-11-6-7-12-21(19)34-2/h6-7,11-12,20H,3-5,8-10,13-17H2,1-2H3,(H,28,32). The first-order chi connectivity index (χ1) is 17.1. The molecule has 1 unspecified atom stereocenters. The van der Waals surface area contributed by atoms with Crippen LogP contribution in [0, 0.1) is 6.92 Å². The molecule has 8 heteroatoms. The second kappa shape index (κ2) is 10.5. The molecule has 1 fully saturated rings. The Labute approximate surface area is 210 Å². The molecule has 0 spiro atoms. The SMILES string of the molecule is COc1ccccc1C(CNC(=O)c1sc2nc3n(c(=O)c2c1C)CCCCC3)N1CCCCC1. The van der Waals surface area contributed by atoms with Crippen LogP contribution in [-0.2, 0) is 13.0 Å². The third kappa shape index (κ3) is 4.74. The Morgan fingerprint density at radius 2 is 1.86 bits per heavy atom. The number of hydrogen-bond donors (Lipinski definition) is 1. The van der Waals surface area contributed by atoms with Crippen LogP contribution >= 0.6 is 11.3 Å². The first-order valence-corrected chi connectivity index (χ1v) is 13.6. The number of ether oxygens (including phenoxy) is 1. The number of amides is 1. The van der Waals surface area contributed by atoms with E-state index in [0.717, 1.165) is 74.3 Å². The molecule has 0 saturated carbocycles. The van der Waals surface area contributed by atoms with Gasteiger partial charge in [0.1, 0.15) is 16.4 Å². The van der Waals surface area contributed by atoms with E-state index in [1.807, 2.05) is 29.7 Å². The van der Waals surface area contributed by atoms with E-state index in [9.17, 15) is 9.59 Å². The number of piperidine rings is 1. The van der Waals surface area contributed by atoms with Crippen molar-refractivity contribution in [2.45, 2.75) is 64.5 Å². The highest BCUT2D eigenvalue weighted by molar-refractivity contribution is 7.20. The highest BCUT2D eigenvalue weighted by atomic mass is 32.1. The number of methoxy groups -OCH3 is 1. The van der Waals surface area contributed by atoms with Gasteiger partial charge in [-0.05, 0) is 57.3 Å². The molecule has 5 rings (SSSR count). The molecule has 7 nitrogen and oxygen atoms in total. The summed E-state index contributed by atoms with van der Waals surface area (Å²) >= 11 is 1.34. The van der Waals surface area contributed by atoms with E-state index in [1.54, 1.807) is 7.11 Å². The highest BCUT2D eigenvalue weighted by Crippen LogP contribution is 2.32. The van der Waals surface area contributed by atoms with Gasteiger partial charge in [-0.15, -0.1) is 11.3 Å². The minimum absolute atomic E-state index is 0.0000785. The lowest BCUT2D eigenvalue weighted by Gasteiger charge is -2.35. The third-order valence-electron chi connectivity index (χ3n) is 7.40. The van der Waals surface area contributed by atoms with Crippen LogP contribution in [0.5, 0.6) is 5.75 Å². The van der Waals surface area contributed by atoms with Gasteiger partial charge in [0.25, 0.3) is 11.5 Å². The lowest BCUT2D eigenvalue weighted by Crippen LogP contribution is -2.40. The average molecular weight is 495 g/mol. The van der Waals surface area contributed by atoms with Gasteiger partial charge in [0.15, 0.2) is 0 Å². The fourth-order valence-electron chi connectivity index (χ4n) is 5.50. The normalized spacial score (nSPS) is 17.5. The second-order valence-corrected chi connectivity index (χ2v) is 10.6. The lowest BCUT2D eigenvalue weighted by atomic mass is 10.0. The van der Waals surface area contributed by atoms with E-state index in [-0.39, 0.29) is 17.5 Å². The molecule has 35 heavy (non-hydrogen) atoms. The molecule has 3 aromatic rings. The van der Waals surface area contributed by atoms with Gasteiger partial charge in [-0.1, -0.05) is 31.0 Å². The molecular formula is C27H34N4O3S. The molecule has 2 aliphatic heterocycles. The number of likely N-dealkylation sites (tertiary alicyclic amines) is 1. The monoisotopic (exact) mass is 494 g/mol. The molecule has 0 bridgehead atoms. The number of carbonyl (C=O) groups excluding carboxylic acids is 1. The number of aromatic nitrogens is 2. The second-order valence-electron chi connectivity index (χ2n) is 9.60. The van der Waals surface area contributed by atoms with Gasteiger partial charge in [0.05, 0.1) is 23.4 Å². The molecule has 186 valence electrons. The zero-order chi connectivity index (χ0) is 24.4. The Morgan fingerprint density at radius 3 is 2.66 bits per heavy atom. The molecule has 4 heterocycles. The summed E-state index contributed by atoms with van der Waals surface area (Å²) in [5.41, 5.74) is 1.83. The molecule has 1 atom stereocenters. The van der Waals surface area contributed by atoms with Crippen molar-refractivity contribution in [1.29, 1.82) is 0 Å². The topological polar surface area (TPSA) is 76.5 Å². The summed E-state index contributed by atoms with van der Waals surface area (Å²) in [6.07, 6.45) is 7.56. The quantitative estimate of drug-likeness (QED) is 0.548. The molecule has 0 aliphatic carbocycles. The molecule has 1 amide bonds. The predicted molar refractivity (Wildman–Crippen MR) is 140 cm³/mol. The van der Waals surface area contributed by atoms with Gasteiger partial charge in [-0.3, -0.25) is 19.1 Å². The summed E-state index contributed by atoms with van der Waals surface area (Å²) in [5.74, 6) is 1.56. The van der Waals surface area contributed by atoms with Crippen LogP contribution < -0.4 is 15.6 Å². The van der Waals surface area contributed by atoms with Crippen LogP contribution in [0.15, 0.2) is 29.1 Å². The van der Waals surface area contributed by atoms with E-state index >= 15 is 0 Å². The Bertz CT molecular complexity index is 1280. The summed E-state index contributed by atoms with van der Waals surface area (Å²) in [4.78, 5) is 35.2. The van der Waals surface area contributed by atoms with Crippen molar-refractivity contribution in [3.8, 4) is 5.75 Å². The number of nitrogens with zero attached hydrogens (tertiary/aromatic N) is 3. The number of para-hydroxylation sites is 1. The van der Waals surface area contributed by atoms with E-state index < -0.39 is 0 Å². The smallest absolute Gasteiger partial charge is 0.262 e. The van der Waals surface area contributed by atoms with Crippen molar-refractivity contribution in [2.75, 3.05) is 26.7 Å². The first kappa shape index (κ1) is 24.0. The molecule has 1 N–H and O–H groups in total. The van der Waals surface area contributed by atoms with Gasteiger partial charge >= 0.3 is 0 Å². The van der Waals surface area contributed by atoms with Crippen molar-refractivity contribution in [2.24, 2.45) is 0 Å². The number of fused-ring (bicyclic) bond motifs is 2. The summed E-state index contributed by atoms with van der Waals surface area (Å²) in [7, 11) is 1.69.